The molecule has 0 amide bonds. The summed E-state index contributed by atoms with van der Waals surface area (Å²) in [5, 5.41) is 3.59. The fourth-order valence-corrected chi connectivity index (χ4v) is 2.11. The van der Waals surface area contributed by atoms with Crippen LogP contribution in [0.1, 0.15) is 31.7 Å². The second-order valence-electron chi connectivity index (χ2n) is 4.36. The van der Waals surface area contributed by atoms with Gasteiger partial charge in [0, 0.05) is 31.6 Å². The van der Waals surface area contributed by atoms with Crippen LogP contribution in [0.15, 0.2) is 24.5 Å². The Morgan fingerprint density at radius 1 is 1.44 bits per heavy atom. The van der Waals surface area contributed by atoms with Crippen LogP contribution in [0.2, 0.25) is 0 Å². The quantitative estimate of drug-likeness (QED) is 0.844. The van der Waals surface area contributed by atoms with Gasteiger partial charge in [-0.2, -0.15) is 0 Å². The molecule has 1 aliphatic heterocycles. The summed E-state index contributed by atoms with van der Waals surface area (Å²) in [6.45, 7) is 4.02. The lowest BCUT2D eigenvalue weighted by Crippen LogP contribution is -2.38. The van der Waals surface area contributed by atoms with Gasteiger partial charge in [0.05, 0.1) is 6.10 Å². The molecular weight excluding hydrogens is 200 g/mol. The highest BCUT2D eigenvalue weighted by Gasteiger charge is 2.20. The number of aromatic nitrogens is 1. The first-order chi connectivity index (χ1) is 7.88. The topological polar surface area (TPSA) is 34.2 Å². The fourth-order valence-electron chi connectivity index (χ4n) is 2.11. The number of nitrogens with one attached hydrogen (secondary N) is 1. The van der Waals surface area contributed by atoms with Crippen molar-refractivity contribution in [1.29, 1.82) is 0 Å². The van der Waals surface area contributed by atoms with Gasteiger partial charge in [0.1, 0.15) is 0 Å². The predicted molar refractivity (Wildman–Crippen MR) is 64.1 cm³/mol. The number of hydrogen-bond acceptors (Lipinski definition) is 3. The SMILES string of the molecule is CCC1CC(NCc2ccncc2)CCO1. The minimum absolute atomic E-state index is 0.448. The Morgan fingerprint density at radius 3 is 3.00 bits per heavy atom. The Bertz CT molecular complexity index is 302. The Kier molecular flexibility index (Phi) is 4.31. The van der Waals surface area contributed by atoms with Gasteiger partial charge in [-0.15, -0.1) is 0 Å². The molecule has 0 bridgehead atoms. The summed E-state index contributed by atoms with van der Waals surface area (Å²) in [7, 11) is 0. The van der Waals surface area contributed by atoms with Crippen molar-refractivity contribution < 1.29 is 4.74 Å². The van der Waals surface area contributed by atoms with E-state index in [-0.39, 0.29) is 0 Å². The Hall–Kier alpha value is -0.930. The molecule has 2 unspecified atom stereocenters. The molecule has 1 aliphatic rings. The maximum atomic E-state index is 5.66. The van der Waals surface area contributed by atoms with E-state index < -0.39 is 0 Å². The van der Waals surface area contributed by atoms with Crippen LogP contribution >= 0.6 is 0 Å². The molecule has 1 aromatic heterocycles. The lowest BCUT2D eigenvalue weighted by atomic mass is 10.0. The number of nitrogens with zero attached hydrogens (tertiary/aromatic N) is 1. The van der Waals surface area contributed by atoms with Crippen molar-refractivity contribution in [2.75, 3.05) is 6.61 Å². The lowest BCUT2D eigenvalue weighted by Gasteiger charge is -2.29. The summed E-state index contributed by atoms with van der Waals surface area (Å²) in [4.78, 5) is 4.02. The van der Waals surface area contributed by atoms with Crippen molar-refractivity contribution in [2.45, 2.75) is 44.9 Å². The highest BCUT2D eigenvalue weighted by atomic mass is 16.5. The van der Waals surface area contributed by atoms with Gasteiger partial charge in [0.25, 0.3) is 0 Å². The molecule has 1 N–H and O–H groups in total. The third-order valence-electron chi connectivity index (χ3n) is 3.17. The molecule has 16 heavy (non-hydrogen) atoms. The van der Waals surface area contributed by atoms with Crippen molar-refractivity contribution in [3.8, 4) is 0 Å². The summed E-state index contributed by atoms with van der Waals surface area (Å²) >= 11 is 0. The normalized spacial score (nSPS) is 25.6. The maximum absolute atomic E-state index is 5.66. The molecular formula is C13H20N2O. The Labute approximate surface area is 97.2 Å². The Morgan fingerprint density at radius 2 is 2.25 bits per heavy atom. The first kappa shape index (κ1) is 11.6. The zero-order valence-electron chi connectivity index (χ0n) is 9.86. The van der Waals surface area contributed by atoms with E-state index in [1.165, 1.54) is 5.56 Å². The molecule has 2 heterocycles. The molecule has 1 aromatic rings. The third-order valence-corrected chi connectivity index (χ3v) is 3.17. The summed E-state index contributed by atoms with van der Waals surface area (Å²) in [6.07, 6.45) is 7.52. The minimum atomic E-state index is 0.448. The van der Waals surface area contributed by atoms with Crippen LogP contribution in [-0.2, 0) is 11.3 Å². The molecule has 3 heteroatoms. The van der Waals surface area contributed by atoms with Crippen molar-refractivity contribution in [1.82, 2.24) is 10.3 Å². The molecule has 0 spiro atoms. The van der Waals surface area contributed by atoms with Gasteiger partial charge >= 0.3 is 0 Å². The van der Waals surface area contributed by atoms with Crippen LogP contribution in [-0.4, -0.2) is 23.7 Å². The molecule has 0 radical (unpaired) electrons. The molecule has 88 valence electrons. The Balaban J connectivity index is 1.77. The summed E-state index contributed by atoms with van der Waals surface area (Å²) in [5.41, 5.74) is 1.30. The van der Waals surface area contributed by atoms with Crippen LogP contribution in [0.3, 0.4) is 0 Å². The molecule has 0 aliphatic carbocycles. The van der Waals surface area contributed by atoms with E-state index in [4.69, 9.17) is 4.74 Å². The molecule has 0 saturated carbocycles. The smallest absolute Gasteiger partial charge is 0.0587 e. The zero-order valence-corrected chi connectivity index (χ0v) is 9.86. The van der Waals surface area contributed by atoms with Gasteiger partial charge in [-0.1, -0.05) is 6.92 Å². The van der Waals surface area contributed by atoms with Gasteiger partial charge < -0.3 is 10.1 Å². The van der Waals surface area contributed by atoms with Gasteiger partial charge in [-0.05, 0) is 37.0 Å². The summed E-state index contributed by atoms with van der Waals surface area (Å²) < 4.78 is 5.66. The van der Waals surface area contributed by atoms with Crippen LogP contribution in [0, 0.1) is 0 Å². The highest BCUT2D eigenvalue weighted by molar-refractivity contribution is 5.09. The monoisotopic (exact) mass is 220 g/mol. The molecule has 2 atom stereocenters. The molecule has 3 nitrogen and oxygen atoms in total. The summed E-state index contributed by atoms with van der Waals surface area (Å²) in [6, 6.07) is 4.72. The van der Waals surface area contributed by atoms with Crippen LogP contribution in [0.25, 0.3) is 0 Å². The van der Waals surface area contributed by atoms with Crippen molar-refractivity contribution in [3.05, 3.63) is 30.1 Å². The lowest BCUT2D eigenvalue weighted by molar-refractivity contribution is -0.000319. The van der Waals surface area contributed by atoms with Crippen LogP contribution in [0.5, 0.6) is 0 Å². The first-order valence-corrected chi connectivity index (χ1v) is 6.12. The molecule has 0 aromatic carbocycles. The van der Waals surface area contributed by atoms with E-state index in [0.717, 1.165) is 32.4 Å². The number of hydrogen-bond donors (Lipinski definition) is 1. The average Bonchev–Trinajstić information content (AvgIpc) is 2.38. The zero-order chi connectivity index (χ0) is 11.2. The minimum Gasteiger partial charge on any atom is -0.378 e. The van der Waals surface area contributed by atoms with Gasteiger partial charge in [0.2, 0.25) is 0 Å². The van der Waals surface area contributed by atoms with E-state index in [0.29, 0.717) is 12.1 Å². The molecule has 1 saturated heterocycles. The van der Waals surface area contributed by atoms with E-state index in [1.54, 1.807) is 0 Å². The van der Waals surface area contributed by atoms with Crippen molar-refractivity contribution in [3.63, 3.8) is 0 Å². The van der Waals surface area contributed by atoms with E-state index in [2.05, 4.69) is 29.4 Å². The second-order valence-corrected chi connectivity index (χ2v) is 4.36. The number of rotatable bonds is 4. The van der Waals surface area contributed by atoms with Crippen molar-refractivity contribution >= 4 is 0 Å². The number of pyridine rings is 1. The van der Waals surface area contributed by atoms with E-state index >= 15 is 0 Å². The largest absolute Gasteiger partial charge is 0.378 e. The van der Waals surface area contributed by atoms with Crippen LogP contribution in [0.4, 0.5) is 0 Å². The number of ether oxygens (including phenoxy) is 1. The first-order valence-electron chi connectivity index (χ1n) is 6.12. The average molecular weight is 220 g/mol. The maximum Gasteiger partial charge on any atom is 0.0587 e. The van der Waals surface area contributed by atoms with E-state index in [1.807, 2.05) is 12.4 Å². The van der Waals surface area contributed by atoms with Gasteiger partial charge in [-0.25, -0.2) is 0 Å². The second kappa shape index (κ2) is 5.97. The van der Waals surface area contributed by atoms with Gasteiger partial charge in [-0.3, -0.25) is 4.98 Å². The van der Waals surface area contributed by atoms with Crippen molar-refractivity contribution in [2.24, 2.45) is 0 Å². The van der Waals surface area contributed by atoms with Gasteiger partial charge in [0.15, 0.2) is 0 Å². The third kappa shape index (κ3) is 3.29. The van der Waals surface area contributed by atoms with E-state index in [9.17, 15) is 0 Å². The fraction of sp³-hybridized carbons (Fsp3) is 0.615. The summed E-state index contributed by atoms with van der Waals surface area (Å²) in [5.74, 6) is 0. The predicted octanol–water partition coefficient (Wildman–Crippen LogP) is 2.13. The molecule has 1 fully saturated rings. The molecule has 2 rings (SSSR count). The standard InChI is InChI=1S/C13H20N2O/c1-2-13-9-12(5-8-16-13)15-10-11-3-6-14-7-4-11/h3-4,6-7,12-13,15H,2,5,8-10H2,1H3. The highest BCUT2D eigenvalue weighted by Crippen LogP contribution is 2.16. The van der Waals surface area contributed by atoms with Crippen LogP contribution < -0.4 is 5.32 Å².